The lowest BCUT2D eigenvalue weighted by molar-refractivity contribution is 0.0944. The standard InChI is InChI=1S/C27H23N3OS/c1-18(16-19-8-4-2-5-9-19)30-27(31)24-13-12-23(32-24)21-14-15-28-26-25(21)22(17-29-26)20-10-6-3-7-11-20/h2-15,17-18H,16H2,1H3,(H,28,29)(H,30,31). The van der Waals surface area contributed by atoms with E-state index in [1.165, 1.54) is 16.9 Å². The van der Waals surface area contributed by atoms with Gasteiger partial charge in [-0.1, -0.05) is 60.7 Å². The van der Waals surface area contributed by atoms with E-state index in [4.69, 9.17) is 0 Å². The van der Waals surface area contributed by atoms with Crippen LogP contribution in [0.4, 0.5) is 0 Å². The lowest BCUT2D eigenvalue weighted by Crippen LogP contribution is -2.33. The third-order valence-corrected chi connectivity index (χ3v) is 6.63. The normalized spacial score (nSPS) is 12.0. The third kappa shape index (κ3) is 4.07. The van der Waals surface area contributed by atoms with Crippen molar-refractivity contribution in [3.8, 4) is 21.6 Å². The highest BCUT2D eigenvalue weighted by Gasteiger charge is 2.17. The fraction of sp³-hybridized carbons (Fsp3) is 0.111. The van der Waals surface area contributed by atoms with Crippen molar-refractivity contribution in [2.75, 3.05) is 0 Å². The molecular formula is C27H23N3OS. The SMILES string of the molecule is CC(Cc1ccccc1)NC(=O)c1ccc(-c2ccnc3[nH]cc(-c4ccccc4)c23)s1. The Bertz CT molecular complexity index is 1360. The number of fused-ring (bicyclic) bond motifs is 1. The second-order valence-electron chi connectivity index (χ2n) is 7.88. The molecule has 1 atom stereocenters. The average molecular weight is 438 g/mol. The molecule has 0 bridgehead atoms. The number of nitrogens with zero attached hydrogens (tertiary/aromatic N) is 1. The maximum Gasteiger partial charge on any atom is 0.261 e. The number of aromatic amines is 1. The van der Waals surface area contributed by atoms with Gasteiger partial charge in [0.05, 0.1) is 4.88 Å². The molecule has 0 aliphatic carbocycles. The van der Waals surface area contributed by atoms with Crippen molar-refractivity contribution in [1.29, 1.82) is 0 Å². The van der Waals surface area contributed by atoms with Crippen LogP contribution < -0.4 is 5.32 Å². The van der Waals surface area contributed by atoms with E-state index in [2.05, 4.69) is 39.6 Å². The first-order chi connectivity index (χ1) is 15.7. The van der Waals surface area contributed by atoms with Crippen LogP contribution >= 0.6 is 11.3 Å². The molecule has 5 aromatic rings. The Morgan fingerprint density at radius 3 is 2.50 bits per heavy atom. The lowest BCUT2D eigenvalue weighted by atomic mass is 10.0. The number of pyridine rings is 1. The molecular weight excluding hydrogens is 414 g/mol. The molecule has 3 aromatic heterocycles. The minimum absolute atomic E-state index is 0.0349. The van der Waals surface area contributed by atoms with E-state index < -0.39 is 0 Å². The van der Waals surface area contributed by atoms with Gasteiger partial charge in [0.2, 0.25) is 0 Å². The van der Waals surface area contributed by atoms with Crippen molar-refractivity contribution in [2.45, 2.75) is 19.4 Å². The van der Waals surface area contributed by atoms with Crippen molar-refractivity contribution in [3.05, 3.63) is 102 Å². The molecule has 4 nitrogen and oxygen atoms in total. The van der Waals surface area contributed by atoms with E-state index in [0.29, 0.717) is 4.88 Å². The number of amides is 1. The predicted molar refractivity (Wildman–Crippen MR) is 132 cm³/mol. The van der Waals surface area contributed by atoms with Crippen LogP contribution in [0.5, 0.6) is 0 Å². The van der Waals surface area contributed by atoms with Crippen molar-refractivity contribution >= 4 is 28.3 Å². The molecule has 0 aliphatic heterocycles. The van der Waals surface area contributed by atoms with Gasteiger partial charge in [-0.15, -0.1) is 11.3 Å². The van der Waals surface area contributed by atoms with Gasteiger partial charge in [0.1, 0.15) is 5.65 Å². The number of rotatable bonds is 6. The summed E-state index contributed by atoms with van der Waals surface area (Å²) in [6.07, 6.45) is 4.62. The van der Waals surface area contributed by atoms with Crippen LogP contribution in [0.3, 0.4) is 0 Å². The number of benzene rings is 2. The zero-order valence-corrected chi connectivity index (χ0v) is 18.5. The van der Waals surface area contributed by atoms with Crippen LogP contribution in [0.25, 0.3) is 32.6 Å². The minimum atomic E-state index is -0.0349. The van der Waals surface area contributed by atoms with E-state index in [1.807, 2.05) is 73.9 Å². The van der Waals surface area contributed by atoms with E-state index in [0.717, 1.165) is 39.0 Å². The molecule has 0 radical (unpaired) electrons. The first-order valence-corrected chi connectivity index (χ1v) is 11.5. The quantitative estimate of drug-likeness (QED) is 0.327. The van der Waals surface area contributed by atoms with Gasteiger partial charge in [0.25, 0.3) is 5.91 Å². The van der Waals surface area contributed by atoms with E-state index >= 15 is 0 Å². The summed E-state index contributed by atoms with van der Waals surface area (Å²) in [6.45, 7) is 2.04. The van der Waals surface area contributed by atoms with Crippen molar-refractivity contribution in [1.82, 2.24) is 15.3 Å². The molecule has 2 aromatic carbocycles. The highest BCUT2D eigenvalue weighted by Crippen LogP contribution is 2.38. The van der Waals surface area contributed by atoms with Gasteiger partial charge in [-0.3, -0.25) is 4.79 Å². The zero-order chi connectivity index (χ0) is 21.9. The number of hydrogen-bond acceptors (Lipinski definition) is 3. The number of carbonyl (C=O) groups is 1. The maximum absolute atomic E-state index is 12.9. The minimum Gasteiger partial charge on any atom is -0.349 e. The predicted octanol–water partition coefficient (Wildman–Crippen LogP) is 6.32. The number of nitrogens with one attached hydrogen (secondary N) is 2. The van der Waals surface area contributed by atoms with Crippen LogP contribution in [-0.2, 0) is 6.42 Å². The second-order valence-corrected chi connectivity index (χ2v) is 8.96. The molecule has 158 valence electrons. The monoisotopic (exact) mass is 437 g/mol. The number of thiophene rings is 1. The smallest absolute Gasteiger partial charge is 0.261 e. The Kier molecular flexibility index (Phi) is 5.57. The molecule has 0 spiro atoms. The summed E-state index contributed by atoms with van der Waals surface area (Å²) in [5, 5.41) is 4.21. The summed E-state index contributed by atoms with van der Waals surface area (Å²) >= 11 is 1.51. The number of hydrogen-bond donors (Lipinski definition) is 2. The summed E-state index contributed by atoms with van der Waals surface area (Å²) in [5.41, 5.74) is 5.39. The third-order valence-electron chi connectivity index (χ3n) is 5.52. The fourth-order valence-electron chi connectivity index (χ4n) is 4.03. The van der Waals surface area contributed by atoms with Gasteiger partial charge < -0.3 is 10.3 Å². The van der Waals surface area contributed by atoms with E-state index in [9.17, 15) is 4.79 Å². The number of H-pyrrole nitrogens is 1. The summed E-state index contributed by atoms with van der Waals surface area (Å²) in [7, 11) is 0. The van der Waals surface area contributed by atoms with Crippen molar-refractivity contribution in [3.63, 3.8) is 0 Å². The average Bonchev–Trinajstić information content (AvgIpc) is 3.48. The number of aromatic nitrogens is 2. The van der Waals surface area contributed by atoms with Crippen molar-refractivity contribution in [2.24, 2.45) is 0 Å². The topological polar surface area (TPSA) is 57.8 Å². The lowest BCUT2D eigenvalue weighted by Gasteiger charge is -2.13. The first-order valence-electron chi connectivity index (χ1n) is 10.7. The molecule has 0 fully saturated rings. The van der Waals surface area contributed by atoms with Gasteiger partial charge in [-0.2, -0.15) is 0 Å². The van der Waals surface area contributed by atoms with Crippen LogP contribution in [0, 0.1) is 0 Å². The zero-order valence-electron chi connectivity index (χ0n) is 17.7. The van der Waals surface area contributed by atoms with Crippen molar-refractivity contribution < 1.29 is 4.79 Å². The molecule has 0 aliphatic rings. The maximum atomic E-state index is 12.9. The van der Waals surface area contributed by atoms with Gasteiger partial charge in [0.15, 0.2) is 0 Å². The van der Waals surface area contributed by atoms with E-state index in [-0.39, 0.29) is 11.9 Å². The second kappa shape index (κ2) is 8.81. The molecule has 5 rings (SSSR count). The summed E-state index contributed by atoms with van der Waals surface area (Å²) in [6, 6.07) is 26.5. The highest BCUT2D eigenvalue weighted by molar-refractivity contribution is 7.17. The Morgan fingerprint density at radius 2 is 1.72 bits per heavy atom. The van der Waals surface area contributed by atoms with Crippen LogP contribution in [0.1, 0.15) is 22.2 Å². The number of carbonyl (C=O) groups excluding carboxylic acids is 1. The molecule has 1 amide bonds. The van der Waals surface area contributed by atoms with Gasteiger partial charge in [-0.05, 0) is 42.7 Å². The molecule has 3 heterocycles. The summed E-state index contributed by atoms with van der Waals surface area (Å²) in [4.78, 5) is 22.4. The molecule has 5 heteroatoms. The van der Waals surface area contributed by atoms with Gasteiger partial charge in [-0.25, -0.2) is 4.98 Å². The van der Waals surface area contributed by atoms with Gasteiger partial charge in [0, 0.05) is 39.8 Å². The molecule has 0 saturated carbocycles. The molecule has 1 unspecified atom stereocenters. The molecule has 32 heavy (non-hydrogen) atoms. The molecule has 0 saturated heterocycles. The largest absolute Gasteiger partial charge is 0.349 e. The highest BCUT2D eigenvalue weighted by atomic mass is 32.1. The van der Waals surface area contributed by atoms with Crippen LogP contribution in [0.2, 0.25) is 0 Å². The fourth-order valence-corrected chi connectivity index (χ4v) is 4.97. The van der Waals surface area contributed by atoms with Crippen LogP contribution in [0.15, 0.2) is 91.3 Å². The van der Waals surface area contributed by atoms with E-state index in [1.54, 1.807) is 0 Å². The first kappa shape index (κ1) is 20.2. The molecule has 2 N–H and O–H groups in total. The summed E-state index contributed by atoms with van der Waals surface area (Å²) < 4.78 is 0. The summed E-state index contributed by atoms with van der Waals surface area (Å²) in [5.74, 6) is -0.0349. The Hall–Kier alpha value is -3.70. The Morgan fingerprint density at radius 1 is 0.969 bits per heavy atom. The van der Waals surface area contributed by atoms with Crippen LogP contribution in [-0.4, -0.2) is 21.9 Å². The Balaban J connectivity index is 1.41. The Labute approximate surface area is 191 Å². The van der Waals surface area contributed by atoms with Gasteiger partial charge >= 0.3 is 0 Å².